The number of rotatable bonds is 5. The third-order valence-corrected chi connectivity index (χ3v) is 3.71. The topological polar surface area (TPSA) is 113 Å². The largest absolute Gasteiger partial charge is 0.481 e. The first-order valence-electron chi connectivity index (χ1n) is 6.06. The second-order valence-electron chi connectivity index (χ2n) is 4.40. The molecule has 1 aliphatic heterocycles. The molecule has 1 saturated heterocycles. The molecule has 2 rings (SSSR count). The Labute approximate surface area is 124 Å². The molecule has 3 amide bonds. The fraction of sp³-hybridized carbons (Fsp3) is 0.231. The van der Waals surface area contributed by atoms with Crippen LogP contribution >= 0.6 is 11.8 Å². The van der Waals surface area contributed by atoms with Crippen molar-refractivity contribution < 1.29 is 24.3 Å². The van der Waals surface area contributed by atoms with Crippen LogP contribution in [0.3, 0.4) is 0 Å². The molecule has 0 aliphatic carbocycles. The van der Waals surface area contributed by atoms with E-state index in [4.69, 9.17) is 5.11 Å². The van der Waals surface area contributed by atoms with Gasteiger partial charge in [0.2, 0.25) is 11.8 Å². The molecule has 110 valence electrons. The van der Waals surface area contributed by atoms with E-state index in [0.29, 0.717) is 11.3 Å². The van der Waals surface area contributed by atoms with Crippen molar-refractivity contribution in [3.05, 3.63) is 29.8 Å². The lowest BCUT2D eigenvalue weighted by molar-refractivity contribution is -0.136. The van der Waals surface area contributed by atoms with Crippen LogP contribution in [-0.2, 0) is 20.8 Å². The molecule has 0 saturated carbocycles. The average Bonchev–Trinajstić information content (AvgIpc) is 2.69. The first-order valence-corrected chi connectivity index (χ1v) is 6.94. The molecular weight excluding hydrogens is 296 g/mol. The predicted octanol–water partition coefficient (Wildman–Crippen LogP) is 0.994. The van der Waals surface area contributed by atoms with Crippen LogP contribution in [0.4, 0.5) is 10.5 Å². The highest BCUT2D eigenvalue weighted by Crippen LogP contribution is 2.22. The molecule has 1 heterocycles. The number of nitrogens with one attached hydrogen (secondary N) is 2. The van der Waals surface area contributed by atoms with Gasteiger partial charge in [0.15, 0.2) is 0 Å². The minimum atomic E-state index is -0.930. The van der Waals surface area contributed by atoms with Gasteiger partial charge in [0.1, 0.15) is 5.25 Å². The smallest absolute Gasteiger partial charge is 0.307 e. The van der Waals surface area contributed by atoms with Gasteiger partial charge in [-0.3, -0.25) is 24.5 Å². The Bertz CT molecular complexity index is 599. The summed E-state index contributed by atoms with van der Waals surface area (Å²) >= 11 is 0.796. The number of carbonyl (C=O) groups is 4. The third kappa shape index (κ3) is 4.32. The predicted molar refractivity (Wildman–Crippen MR) is 75.9 cm³/mol. The van der Waals surface area contributed by atoms with E-state index < -0.39 is 22.4 Å². The normalized spacial score (nSPS) is 17.4. The molecule has 0 aromatic heterocycles. The minimum absolute atomic E-state index is 0.0881. The van der Waals surface area contributed by atoms with Crippen molar-refractivity contribution in [1.82, 2.24) is 5.32 Å². The Kier molecular flexibility index (Phi) is 4.59. The lowest BCUT2D eigenvalue weighted by Gasteiger charge is -2.07. The summed E-state index contributed by atoms with van der Waals surface area (Å²) in [5.74, 6) is -1.78. The molecule has 1 aliphatic rings. The number of thioether (sulfide) groups is 1. The van der Waals surface area contributed by atoms with Gasteiger partial charge in [-0.25, -0.2) is 0 Å². The van der Waals surface area contributed by atoms with E-state index in [0.717, 1.165) is 11.8 Å². The number of imide groups is 1. The lowest BCUT2D eigenvalue weighted by Crippen LogP contribution is -2.27. The Morgan fingerprint density at radius 2 is 1.90 bits per heavy atom. The van der Waals surface area contributed by atoms with Gasteiger partial charge < -0.3 is 10.4 Å². The molecule has 0 radical (unpaired) electrons. The minimum Gasteiger partial charge on any atom is -0.481 e. The first-order chi connectivity index (χ1) is 9.94. The van der Waals surface area contributed by atoms with Crippen molar-refractivity contribution in [2.45, 2.75) is 18.1 Å². The van der Waals surface area contributed by atoms with Crippen LogP contribution in [-0.4, -0.2) is 33.4 Å². The average molecular weight is 308 g/mol. The first kappa shape index (κ1) is 15.0. The summed E-state index contributed by atoms with van der Waals surface area (Å²) in [5.41, 5.74) is 1.13. The van der Waals surface area contributed by atoms with E-state index >= 15 is 0 Å². The fourth-order valence-corrected chi connectivity index (χ4v) is 2.61. The molecule has 21 heavy (non-hydrogen) atoms. The maximum atomic E-state index is 11.8. The van der Waals surface area contributed by atoms with Gasteiger partial charge in [0.25, 0.3) is 5.24 Å². The van der Waals surface area contributed by atoms with Gasteiger partial charge in [-0.05, 0) is 17.7 Å². The molecule has 1 aromatic rings. The highest BCUT2D eigenvalue weighted by Gasteiger charge is 2.33. The highest BCUT2D eigenvalue weighted by atomic mass is 32.2. The molecule has 1 atom stereocenters. The Morgan fingerprint density at radius 3 is 2.43 bits per heavy atom. The van der Waals surface area contributed by atoms with E-state index in [1.165, 1.54) is 0 Å². The second kappa shape index (κ2) is 6.40. The van der Waals surface area contributed by atoms with Crippen LogP contribution in [0.1, 0.15) is 12.0 Å². The van der Waals surface area contributed by atoms with Crippen molar-refractivity contribution in [3.8, 4) is 0 Å². The summed E-state index contributed by atoms with van der Waals surface area (Å²) in [7, 11) is 0. The van der Waals surface area contributed by atoms with Crippen molar-refractivity contribution in [3.63, 3.8) is 0 Å². The van der Waals surface area contributed by atoms with E-state index in [1.807, 2.05) is 0 Å². The number of aliphatic carboxylic acids is 1. The van der Waals surface area contributed by atoms with Crippen LogP contribution in [0.25, 0.3) is 0 Å². The Hall–Kier alpha value is -2.35. The summed E-state index contributed by atoms with van der Waals surface area (Å²) in [5, 5.41) is 12.2. The molecule has 1 aromatic carbocycles. The molecule has 1 unspecified atom stereocenters. The van der Waals surface area contributed by atoms with Crippen molar-refractivity contribution in [2.24, 2.45) is 0 Å². The number of carboxylic acid groups (broad SMARTS) is 1. The quantitative estimate of drug-likeness (QED) is 0.748. The number of carboxylic acids is 1. The summed E-state index contributed by atoms with van der Waals surface area (Å²) in [6, 6.07) is 6.38. The molecule has 3 N–H and O–H groups in total. The van der Waals surface area contributed by atoms with Gasteiger partial charge in [-0.2, -0.15) is 0 Å². The van der Waals surface area contributed by atoms with Crippen molar-refractivity contribution in [2.75, 3.05) is 5.32 Å². The van der Waals surface area contributed by atoms with Crippen molar-refractivity contribution in [1.29, 1.82) is 0 Å². The number of hydrogen-bond donors (Lipinski definition) is 3. The van der Waals surface area contributed by atoms with E-state index in [9.17, 15) is 19.2 Å². The molecular formula is C13H12N2O5S. The van der Waals surface area contributed by atoms with E-state index in [-0.39, 0.29) is 18.7 Å². The van der Waals surface area contributed by atoms with Gasteiger partial charge in [-0.1, -0.05) is 23.9 Å². The number of hydrogen-bond acceptors (Lipinski definition) is 5. The number of amides is 3. The fourth-order valence-electron chi connectivity index (χ4n) is 1.79. The molecule has 0 spiro atoms. The lowest BCUT2D eigenvalue weighted by atomic mass is 10.1. The molecule has 7 nitrogen and oxygen atoms in total. The zero-order chi connectivity index (χ0) is 15.4. The van der Waals surface area contributed by atoms with Gasteiger partial charge in [0, 0.05) is 12.1 Å². The standard InChI is InChI=1S/C13H12N2O5S/c16-10(6-9-12(19)15-13(20)21-9)14-8-3-1-7(2-4-8)5-11(17)18/h1-4,9H,5-6H2,(H,14,16)(H,17,18)(H,15,19,20). The third-order valence-electron chi connectivity index (χ3n) is 2.73. The molecule has 1 fully saturated rings. The second-order valence-corrected chi connectivity index (χ2v) is 5.58. The summed E-state index contributed by atoms with van der Waals surface area (Å²) in [4.78, 5) is 44.6. The monoisotopic (exact) mass is 308 g/mol. The highest BCUT2D eigenvalue weighted by molar-refractivity contribution is 8.15. The van der Waals surface area contributed by atoms with E-state index in [1.54, 1.807) is 24.3 Å². The van der Waals surface area contributed by atoms with Crippen molar-refractivity contribution >= 4 is 40.5 Å². The number of benzene rings is 1. The van der Waals surface area contributed by atoms with E-state index in [2.05, 4.69) is 10.6 Å². The summed E-state index contributed by atoms with van der Waals surface area (Å²) < 4.78 is 0. The zero-order valence-corrected chi connectivity index (χ0v) is 11.6. The number of carbonyl (C=O) groups excluding carboxylic acids is 3. The number of anilines is 1. The van der Waals surface area contributed by atoms with Gasteiger partial charge >= 0.3 is 5.97 Å². The Morgan fingerprint density at radius 1 is 1.24 bits per heavy atom. The maximum Gasteiger partial charge on any atom is 0.307 e. The Balaban J connectivity index is 1.89. The van der Waals surface area contributed by atoms with Crippen LogP contribution in [0.5, 0.6) is 0 Å². The molecule has 8 heteroatoms. The summed E-state index contributed by atoms with van der Waals surface area (Å²) in [6.45, 7) is 0. The summed E-state index contributed by atoms with van der Waals surface area (Å²) in [6.07, 6.45) is -0.186. The van der Waals surface area contributed by atoms with Crippen LogP contribution in [0, 0.1) is 0 Å². The van der Waals surface area contributed by atoms with Gasteiger partial charge in [-0.15, -0.1) is 0 Å². The SMILES string of the molecule is O=C(O)Cc1ccc(NC(=O)CC2SC(=O)NC2=O)cc1. The van der Waals surface area contributed by atoms with Gasteiger partial charge in [0.05, 0.1) is 6.42 Å². The van der Waals surface area contributed by atoms with Crippen LogP contribution < -0.4 is 10.6 Å². The maximum absolute atomic E-state index is 11.8. The van der Waals surface area contributed by atoms with Crippen LogP contribution in [0.2, 0.25) is 0 Å². The van der Waals surface area contributed by atoms with Crippen LogP contribution in [0.15, 0.2) is 24.3 Å². The zero-order valence-electron chi connectivity index (χ0n) is 10.8. The molecule has 0 bridgehead atoms.